The molecule has 5 heavy (non-hydrogen) atoms. The minimum absolute atomic E-state index is 0. The fourth-order valence-electron chi connectivity index (χ4n) is 0. The van der Waals surface area contributed by atoms with Gasteiger partial charge in [-0.25, -0.2) is 0 Å². The molecule has 2 radical (unpaired) electrons. The maximum absolute atomic E-state index is 8.30. The van der Waals surface area contributed by atoms with E-state index in [1.54, 1.807) is 0 Å². The first-order chi connectivity index (χ1) is 1.00. The molecule has 0 aliphatic heterocycles. The molecule has 0 aromatic carbocycles. The zero-order valence-electron chi connectivity index (χ0n) is 1.56. The predicted molar refractivity (Wildman–Crippen MR) is 29.1 cm³/mol. The predicted octanol–water partition coefficient (Wildman–Crippen LogP) is -3.41. The molecule has 0 N–H and O–H groups in total. The van der Waals surface area contributed by atoms with E-state index in [2.05, 4.69) is 0 Å². The van der Waals surface area contributed by atoms with Crippen LogP contribution in [0.1, 0.15) is 0 Å². The summed E-state index contributed by atoms with van der Waals surface area (Å²) in [5.74, 6) is 0. The normalized spacial score (nSPS) is 0.600. The average molecular weight is 420 g/mol. The van der Waals surface area contributed by atoms with Crippen LogP contribution in [0.5, 0.6) is 0 Å². The van der Waals surface area contributed by atoms with Crippen LogP contribution in [0.3, 0.4) is 0 Å². The van der Waals surface area contributed by atoms with Crippen LogP contribution in [0.4, 0.5) is 0 Å². The Labute approximate surface area is 92.1 Å². The van der Waals surface area contributed by atoms with Gasteiger partial charge in [-0.05, 0) is 0 Å². The Morgan fingerprint density at radius 2 is 1.20 bits per heavy atom. The topological polar surface area (TPSA) is 17.1 Å². The Balaban J connectivity index is -0.00000000167. The van der Waals surface area contributed by atoms with Crippen molar-refractivity contribution >= 4 is 69.5 Å². The van der Waals surface area contributed by atoms with Crippen molar-refractivity contribution in [2.75, 3.05) is 0 Å². The van der Waals surface area contributed by atoms with E-state index in [9.17, 15) is 0 Å². The molecule has 5 heteroatoms. The van der Waals surface area contributed by atoms with Crippen LogP contribution in [0.25, 0.3) is 0 Å². The Bertz CT molecular complexity index is 11.6. The third-order valence-electron chi connectivity index (χ3n) is 0. The Morgan fingerprint density at radius 1 is 1.20 bits per heavy atom. The van der Waals surface area contributed by atoms with Crippen molar-refractivity contribution in [2.24, 2.45) is 0 Å². The standard InChI is InChI=1S/Ga.In.Nb.O.Sn.8H. The van der Waals surface area contributed by atoms with Gasteiger partial charge in [0.05, 0.1) is 0 Å². The van der Waals surface area contributed by atoms with E-state index in [-0.39, 0.29) is 69.5 Å². The molecule has 0 aliphatic carbocycles. The zero-order valence-corrected chi connectivity index (χ0v) is 7.80. The second kappa shape index (κ2) is 28.9. The van der Waals surface area contributed by atoms with Gasteiger partial charge in [-0.15, -0.1) is 0 Å². The third-order valence-corrected chi connectivity index (χ3v) is 0. The van der Waals surface area contributed by atoms with Gasteiger partial charge in [-0.1, -0.05) is 0 Å². The summed E-state index contributed by atoms with van der Waals surface area (Å²) in [5, 5.41) is 0. The van der Waals surface area contributed by atoms with Crippen LogP contribution >= 0.6 is 0 Å². The van der Waals surface area contributed by atoms with E-state index >= 15 is 0 Å². The summed E-state index contributed by atoms with van der Waals surface area (Å²) in [6.45, 7) is 0. The summed E-state index contributed by atoms with van der Waals surface area (Å²) in [4.78, 5) is 0. The molecule has 29 valence electrons. The maximum atomic E-state index is 8.30. The summed E-state index contributed by atoms with van der Waals surface area (Å²) in [6, 6.07) is 0. The van der Waals surface area contributed by atoms with Gasteiger partial charge in [0, 0.05) is 0 Å². The van der Waals surface area contributed by atoms with Crippen LogP contribution in [0, 0.1) is 0 Å². The van der Waals surface area contributed by atoms with Crippen molar-refractivity contribution in [1.29, 1.82) is 0 Å². The molecule has 0 aromatic rings. The fourth-order valence-corrected chi connectivity index (χ4v) is 0. The summed E-state index contributed by atoms with van der Waals surface area (Å²) in [7, 11) is 0. The van der Waals surface area contributed by atoms with Crippen molar-refractivity contribution in [2.45, 2.75) is 0 Å². The van der Waals surface area contributed by atoms with Crippen molar-refractivity contribution in [3.8, 4) is 0 Å². The molecule has 0 saturated heterocycles. The molecule has 0 atom stereocenters. The van der Waals surface area contributed by atoms with Gasteiger partial charge in [0.15, 0.2) is 0 Å². The van der Waals surface area contributed by atoms with Gasteiger partial charge in [-0.2, -0.15) is 0 Å². The summed E-state index contributed by atoms with van der Waals surface area (Å²) in [5.41, 5.74) is 0. The fraction of sp³-hybridized carbons (Fsp3) is 0. The SMILES string of the molecule is [GaH3].[InH3].[O]=[Nb].[SnH2]. The van der Waals surface area contributed by atoms with E-state index in [0.29, 0.717) is 21.0 Å². The first-order valence-electron chi connectivity index (χ1n) is 0.183. The van der Waals surface area contributed by atoms with Crippen LogP contribution in [-0.4, -0.2) is 69.5 Å². The molecule has 0 aliphatic rings. The molecule has 0 amide bonds. The van der Waals surface area contributed by atoms with Gasteiger partial charge < -0.3 is 0 Å². The first kappa shape index (κ1) is 24.9. The molecule has 0 spiro atoms. The van der Waals surface area contributed by atoms with Crippen molar-refractivity contribution in [1.82, 2.24) is 0 Å². The molecule has 0 fully saturated rings. The zero-order chi connectivity index (χ0) is 2.00. The quantitative estimate of drug-likeness (QED) is 0.374. The average Bonchev–Trinajstić information content (AvgIpc) is 1.00. The van der Waals surface area contributed by atoms with Crippen molar-refractivity contribution in [3.63, 3.8) is 0 Å². The summed E-state index contributed by atoms with van der Waals surface area (Å²) >= 11 is 0.500. The van der Waals surface area contributed by atoms with E-state index in [0.717, 1.165) is 0 Å². The molecule has 0 rings (SSSR count). The van der Waals surface area contributed by atoms with E-state index < -0.39 is 0 Å². The molecule has 0 bridgehead atoms. The monoisotopic (exact) mass is 421 g/mol. The third kappa shape index (κ3) is 19.9. The second-order valence-electron chi connectivity index (χ2n) is 0. The second-order valence-corrected chi connectivity index (χ2v) is 0. The number of hydrogen-bond donors (Lipinski definition) is 0. The Hall–Kier alpha value is 2.85. The van der Waals surface area contributed by atoms with Crippen LogP contribution < -0.4 is 0 Å². The summed E-state index contributed by atoms with van der Waals surface area (Å²) in [6.07, 6.45) is 0. The van der Waals surface area contributed by atoms with Gasteiger partial charge >= 0.3 is 93.8 Å². The molecule has 0 heterocycles. The van der Waals surface area contributed by atoms with Crippen LogP contribution in [0.2, 0.25) is 0 Å². The van der Waals surface area contributed by atoms with Gasteiger partial charge in [0.25, 0.3) is 0 Å². The molecule has 1 nitrogen and oxygen atoms in total. The van der Waals surface area contributed by atoms with Crippen LogP contribution in [-0.2, 0) is 24.3 Å². The Kier molecular flexibility index (Phi) is 144. The Morgan fingerprint density at radius 3 is 1.20 bits per heavy atom. The number of rotatable bonds is 0. The van der Waals surface area contributed by atoms with E-state index in [1.807, 2.05) is 0 Å². The minimum atomic E-state index is 0. The number of hydrogen-bond acceptors (Lipinski definition) is 1. The molecule has 0 aromatic heterocycles. The molecule has 0 saturated carbocycles. The van der Waals surface area contributed by atoms with Gasteiger partial charge in [0.1, 0.15) is 0 Å². The van der Waals surface area contributed by atoms with Gasteiger partial charge in [0.2, 0.25) is 0 Å². The molecular formula is H8GaInNbOSn. The van der Waals surface area contributed by atoms with E-state index in [4.69, 9.17) is 3.25 Å². The van der Waals surface area contributed by atoms with Gasteiger partial charge in [-0.3, -0.25) is 0 Å². The van der Waals surface area contributed by atoms with E-state index in [1.165, 1.54) is 0 Å². The van der Waals surface area contributed by atoms with Crippen LogP contribution in [0.15, 0.2) is 0 Å². The molecule has 0 unspecified atom stereocenters. The first-order valence-corrected chi connectivity index (χ1v) is 1.08. The van der Waals surface area contributed by atoms with Crippen molar-refractivity contribution < 1.29 is 24.3 Å². The van der Waals surface area contributed by atoms with Crippen molar-refractivity contribution in [3.05, 3.63) is 0 Å². The molecular weight excluding hydrogens is 412 g/mol. The summed E-state index contributed by atoms with van der Waals surface area (Å²) < 4.78 is 8.30.